The van der Waals surface area contributed by atoms with Gasteiger partial charge in [0.1, 0.15) is 0 Å². The van der Waals surface area contributed by atoms with Crippen molar-refractivity contribution in [2.45, 2.75) is 64.0 Å². The predicted octanol–water partition coefficient (Wildman–Crippen LogP) is 1.02. The molecule has 0 spiro atoms. The number of nitrogens with two attached hydrogens (primary N) is 1. The van der Waals surface area contributed by atoms with Crippen LogP contribution in [-0.2, 0) is 9.59 Å². The van der Waals surface area contributed by atoms with Crippen molar-refractivity contribution in [3.05, 3.63) is 0 Å². The lowest BCUT2D eigenvalue weighted by Crippen LogP contribution is -2.55. The molecule has 1 aliphatic carbocycles. The molecule has 0 radical (unpaired) electrons. The Kier molecular flexibility index (Phi) is 3.95. The first-order chi connectivity index (χ1) is 9.99. The number of primary amides is 1. The van der Waals surface area contributed by atoms with E-state index < -0.39 is 5.41 Å². The summed E-state index contributed by atoms with van der Waals surface area (Å²) < 4.78 is 0. The Morgan fingerprint density at radius 2 is 1.95 bits per heavy atom. The first-order valence-electron chi connectivity index (χ1n) is 8.34. The van der Waals surface area contributed by atoms with Gasteiger partial charge in [-0.15, -0.1) is 0 Å². The van der Waals surface area contributed by atoms with Crippen LogP contribution in [0.3, 0.4) is 0 Å². The van der Waals surface area contributed by atoms with E-state index in [0.29, 0.717) is 25.6 Å². The van der Waals surface area contributed by atoms with E-state index in [2.05, 4.69) is 5.32 Å². The maximum absolute atomic E-state index is 12.7. The third-order valence-electron chi connectivity index (χ3n) is 5.83. The van der Waals surface area contributed by atoms with Gasteiger partial charge in [0.2, 0.25) is 11.8 Å². The first kappa shape index (κ1) is 14.8. The number of rotatable bonds is 2. The zero-order valence-electron chi connectivity index (χ0n) is 12.9. The number of carbonyl (C=O) groups is 2. The molecule has 0 bridgehead atoms. The smallest absolute Gasteiger partial charge is 0.239 e. The maximum atomic E-state index is 12.7. The Hall–Kier alpha value is -1.10. The molecule has 21 heavy (non-hydrogen) atoms. The van der Waals surface area contributed by atoms with E-state index >= 15 is 0 Å². The number of carbonyl (C=O) groups excluding carboxylic acids is 2. The molecule has 3 aliphatic rings. The monoisotopic (exact) mass is 293 g/mol. The molecular formula is C16H27N3O2. The summed E-state index contributed by atoms with van der Waals surface area (Å²) in [4.78, 5) is 26.1. The number of piperidine rings is 1. The first-order valence-corrected chi connectivity index (χ1v) is 8.34. The third kappa shape index (κ3) is 2.80. The van der Waals surface area contributed by atoms with Crippen LogP contribution in [0.25, 0.3) is 0 Å². The number of likely N-dealkylation sites (tertiary alicyclic amines) is 1. The normalized spacial score (nSPS) is 39.9. The molecule has 0 aromatic carbocycles. The van der Waals surface area contributed by atoms with Gasteiger partial charge in [-0.2, -0.15) is 0 Å². The summed E-state index contributed by atoms with van der Waals surface area (Å²) in [7, 11) is 0. The van der Waals surface area contributed by atoms with Crippen LogP contribution in [0.5, 0.6) is 0 Å². The van der Waals surface area contributed by atoms with Crippen molar-refractivity contribution in [3.63, 3.8) is 0 Å². The zero-order valence-corrected chi connectivity index (χ0v) is 12.9. The predicted molar refractivity (Wildman–Crippen MR) is 80.4 cm³/mol. The Morgan fingerprint density at radius 3 is 2.67 bits per heavy atom. The SMILES string of the molecule is CC1(C(N)=O)CCN(C(=O)C2CCC3CCCCC3N2)C1. The molecule has 5 nitrogen and oxygen atoms in total. The fourth-order valence-corrected chi connectivity index (χ4v) is 4.26. The summed E-state index contributed by atoms with van der Waals surface area (Å²) >= 11 is 0. The topological polar surface area (TPSA) is 75.4 Å². The van der Waals surface area contributed by atoms with Crippen LogP contribution in [0.1, 0.15) is 51.9 Å². The van der Waals surface area contributed by atoms with E-state index in [1.54, 1.807) is 0 Å². The molecule has 2 heterocycles. The van der Waals surface area contributed by atoms with Gasteiger partial charge in [0.15, 0.2) is 0 Å². The minimum atomic E-state index is -0.544. The maximum Gasteiger partial charge on any atom is 0.239 e. The lowest BCUT2D eigenvalue weighted by molar-refractivity contribution is -0.135. The van der Waals surface area contributed by atoms with Gasteiger partial charge in [-0.1, -0.05) is 12.8 Å². The van der Waals surface area contributed by atoms with Crippen molar-refractivity contribution in [2.24, 2.45) is 17.1 Å². The van der Waals surface area contributed by atoms with Gasteiger partial charge in [-0.25, -0.2) is 0 Å². The number of amides is 2. The molecule has 2 aliphatic heterocycles. The molecule has 118 valence electrons. The number of nitrogens with one attached hydrogen (secondary N) is 1. The van der Waals surface area contributed by atoms with Crippen LogP contribution in [0, 0.1) is 11.3 Å². The summed E-state index contributed by atoms with van der Waals surface area (Å²) in [6.45, 7) is 3.01. The standard InChI is InChI=1S/C16H27N3O2/c1-16(15(17)21)8-9-19(10-16)14(20)13-7-6-11-4-2-3-5-12(11)18-13/h11-13,18H,2-10H2,1H3,(H2,17,21). The van der Waals surface area contributed by atoms with Gasteiger partial charge >= 0.3 is 0 Å². The van der Waals surface area contributed by atoms with E-state index in [1.807, 2.05) is 11.8 Å². The number of hydrogen-bond acceptors (Lipinski definition) is 3. The van der Waals surface area contributed by atoms with Crippen molar-refractivity contribution >= 4 is 11.8 Å². The second-order valence-corrected chi connectivity index (χ2v) is 7.38. The third-order valence-corrected chi connectivity index (χ3v) is 5.83. The average Bonchev–Trinajstić information content (AvgIpc) is 2.90. The highest BCUT2D eigenvalue weighted by Gasteiger charge is 2.43. The van der Waals surface area contributed by atoms with Crippen molar-refractivity contribution in [3.8, 4) is 0 Å². The Morgan fingerprint density at radius 1 is 1.19 bits per heavy atom. The quantitative estimate of drug-likeness (QED) is 0.798. The molecule has 4 atom stereocenters. The van der Waals surface area contributed by atoms with Crippen molar-refractivity contribution in [2.75, 3.05) is 13.1 Å². The zero-order chi connectivity index (χ0) is 15.0. The van der Waals surface area contributed by atoms with Crippen molar-refractivity contribution in [1.82, 2.24) is 10.2 Å². The summed E-state index contributed by atoms with van der Waals surface area (Å²) in [5, 5.41) is 3.58. The second-order valence-electron chi connectivity index (χ2n) is 7.38. The van der Waals surface area contributed by atoms with Gasteiger partial charge in [-0.3, -0.25) is 9.59 Å². The molecule has 3 rings (SSSR count). The van der Waals surface area contributed by atoms with Gasteiger partial charge < -0.3 is 16.0 Å². The second kappa shape index (κ2) is 5.59. The summed E-state index contributed by atoms with van der Waals surface area (Å²) in [6.07, 6.45) is 7.91. The summed E-state index contributed by atoms with van der Waals surface area (Å²) in [5.41, 5.74) is 4.92. The molecule has 0 aromatic heterocycles. The van der Waals surface area contributed by atoms with E-state index in [4.69, 9.17) is 5.73 Å². The molecule has 2 amide bonds. The minimum Gasteiger partial charge on any atom is -0.369 e. The lowest BCUT2D eigenvalue weighted by atomic mass is 9.77. The van der Waals surface area contributed by atoms with Crippen LogP contribution in [-0.4, -0.2) is 41.9 Å². The van der Waals surface area contributed by atoms with E-state index in [9.17, 15) is 9.59 Å². The van der Waals surface area contributed by atoms with E-state index in [1.165, 1.54) is 25.7 Å². The van der Waals surface area contributed by atoms with Gasteiger partial charge in [0, 0.05) is 19.1 Å². The Balaban J connectivity index is 1.60. The van der Waals surface area contributed by atoms with Crippen LogP contribution >= 0.6 is 0 Å². The molecule has 4 unspecified atom stereocenters. The molecule has 0 aromatic rings. The molecular weight excluding hydrogens is 266 g/mol. The van der Waals surface area contributed by atoms with Gasteiger partial charge in [0.25, 0.3) is 0 Å². The highest BCUT2D eigenvalue weighted by Crippen LogP contribution is 2.34. The molecule has 1 saturated carbocycles. The van der Waals surface area contributed by atoms with Crippen LogP contribution in [0.2, 0.25) is 0 Å². The molecule has 3 fully saturated rings. The van der Waals surface area contributed by atoms with E-state index in [0.717, 1.165) is 18.8 Å². The van der Waals surface area contributed by atoms with Crippen LogP contribution in [0.4, 0.5) is 0 Å². The molecule has 3 N–H and O–H groups in total. The van der Waals surface area contributed by atoms with Crippen molar-refractivity contribution in [1.29, 1.82) is 0 Å². The highest BCUT2D eigenvalue weighted by atomic mass is 16.2. The number of fused-ring (bicyclic) bond motifs is 1. The van der Waals surface area contributed by atoms with Gasteiger partial charge in [-0.05, 0) is 44.9 Å². The Labute approximate surface area is 126 Å². The highest BCUT2D eigenvalue weighted by molar-refractivity contribution is 5.86. The van der Waals surface area contributed by atoms with Crippen LogP contribution < -0.4 is 11.1 Å². The van der Waals surface area contributed by atoms with Crippen molar-refractivity contribution < 1.29 is 9.59 Å². The molecule has 2 saturated heterocycles. The molecule has 5 heteroatoms. The van der Waals surface area contributed by atoms with E-state index in [-0.39, 0.29) is 17.9 Å². The average molecular weight is 293 g/mol. The fourth-order valence-electron chi connectivity index (χ4n) is 4.26. The fraction of sp³-hybridized carbons (Fsp3) is 0.875. The minimum absolute atomic E-state index is 0.0559. The largest absolute Gasteiger partial charge is 0.369 e. The summed E-state index contributed by atoms with van der Waals surface area (Å²) in [6, 6.07) is 0.464. The Bertz CT molecular complexity index is 439. The number of hydrogen-bond donors (Lipinski definition) is 2. The van der Waals surface area contributed by atoms with Crippen LogP contribution in [0.15, 0.2) is 0 Å². The van der Waals surface area contributed by atoms with Gasteiger partial charge in [0.05, 0.1) is 11.5 Å². The summed E-state index contributed by atoms with van der Waals surface area (Å²) in [5.74, 6) is 0.642. The number of nitrogens with zero attached hydrogens (tertiary/aromatic N) is 1. The lowest BCUT2D eigenvalue weighted by Gasteiger charge is -2.41.